The Hall–Kier alpha value is -13.0. The third-order valence-corrected chi connectivity index (χ3v) is 20.5. The number of amides is 4. The van der Waals surface area contributed by atoms with Crippen LogP contribution in [0.2, 0.25) is 0 Å². The Morgan fingerprint density at radius 1 is 0.225 bits per heavy atom. The van der Waals surface area contributed by atoms with E-state index in [4.69, 9.17) is 0 Å². The summed E-state index contributed by atoms with van der Waals surface area (Å²) >= 11 is 0. The van der Waals surface area contributed by atoms with Crippen LogP contribution in [-0.2, 0) is 0 Å². The van der Waals surface area contributed by atoms with E-state index >= 15 is 19.2 Å². The number of carbonyl (C=O) groups excluding carboxylic acids is 4. The van der Waals surface area contributed by atoms with Gasteiger partial charge in [-0.2, -0.15) is 0 Å². The van der Waals surface area contributed by atoms with Crippen molar-refractivity contribution in [2.75, 3.05) is 9.80 Å². The van der Waals surface area contributed by atoms with E-state index in [0.29, 0.717) is 33.9 Å². The lowest BCUT2D eigenvalue weighted by Crippen LogP contribution is -2.30. The Balaban J connectivity index is 0.911. The van der Waals surface area contributed by atoms with Gasteiger partial charge in [0.15, 0.2) is 0 Å². The molecule has 0 atom stereocenters. The zero-order chi connectivity index (χ0) is 69.3. The molecule has 18 rings (SSSR count). The van der Waals surface area contributed by atoms with Crippen LogP contribution in [0.15, 0.2) is 291 Å². The molecular formula is C94H66N4O4. The van der Waals surface area contributed by atoms with Crippen LogP contribution >= 0.6 is 0 Å². The third kappa shape index (κ3) is 9.81. The highest BCUT2D eigenvalue weighted by atomic mass is 16.2. The van der Waals surface area contributed by atoms with Crippen molar-refractivity contribution in [2.45, 2.75) is 41.5 Å². The van der Waals surface area contributed by atoms with E-state index in [0.717, 1.165) is 133 Å². The van der Waals surface area contributed by atoms with Crippen LogP contribution in [0.5, 0.6) is 0 Å². The number of para-hydroxylation sites is 3. The van der Waals surface area contributed by atoms with E-state index in [1.807, 2.05) is 164 Å². The lowest BCUT2D eigenvalue weighted by Gasteiger charge is -2.23. The number of fused-ring (bicyclic) bond motifs is 8. The SMILES string of the molecule is Cc1cc(C)cc(-c2ccc3c(c2)c2ccccc2n3-c2ccc(-c3cc(-c4cc(C)cc(C)c4)c4c(c3)c3cccc(-c5cc(C)cc(C)c5)c3n4-c3cccc4c3C(=O)N(c3c(-c5ccccc5)cccc3-c3ccccc3)C4=O)c3c2C(=O)N(c2ccc(-c4ccccc4)cc2)C3=O)c1. The molecule has 14 aromatic carbocycles. The second-order valence-corrected chi connectivity index (χ2v) is 27.5. The standard InChI is InChI=1S/C94H66N4O4/c1-55-43-56(2)47-66(46-55)65-37-41-82-79(52-65)75-27-16-17-33-81(75)96(82)84-42-40-71(86-87(84)94(102)95(93(86)101)70-38-35-62(36-39-70)61-21-10-7-11-22-61)69-53-78(68-50-59(5)45-60(6)51-68)90-80(54-69)76-31-19-30-74(67-48-57(3)44-58(4)49-67)89(76)97(90)83-34-20-32-77-85(83)92(100)98(91(77)99)88-72(63-23-12-8-13-24-63)28-18-29-73(88)64-25-14-9-15-26-64/h7-54H,1-6H3. The molecule has 486 valence electrons. The van der Waals surface area contributed by atoms with E-state index in [-0.39, 0.29) is 22.3 Å². The number of rotatable bonds is 11. The number of benzene rings is 14. The largest absolute Gasteiger partial charge is 0.308 e. The van der Waals surface area contributed by atoms with Crippen molar-refractivity contribution in [3.8, 4) is 89.3 Å². The second-order valence-electron chi connectivity index (χ2n) is 27.5. The maximum absolute atomic E-state index is 16.4. The van der Waals surface area contributed by atoms with E-state index in [1.54, 1.807) is 6.07 Å². The van der Waals surface area contributed by atoms with E-state index in [9.17, 15) is 0 Å². The molecule has 0 unspecified atom stereocenters. The molecule has 0 saturated carbocycles. The summed E-state index contributed by atoms with van der Waals surface area (Å²) in [6.07, 6.45) is 0. The molecule has 8 nitrogen and oxygen atoms in total. The molecule has 0 spiro atoms. The van der Waals surface area contributed by atoms with Crippen LogP contribution in [0.4, 0.5) is 11.4 Å². The third-order valence-electron chi connectivity index (χ3n) is 20.5. The van der Waals surface area contributed by atoms with Gasteiger partial charge in [-0.15, -0.1) is 0 Å². The van der Waals surface area contributed by atoms with Gasteiger partial charge in [0.2, 0.25) is 0 Å². The Morgan fingerprint density at radius 3 is 1.31 bits per heavy atom. The molecule has 0 bridgehead atoms. The lowest BCUT2D eigenvalue weighted by atomic mass is 9.90. The first kappa shape index (κ1) is 61.3. The maximum atomic E-state index is 16.4. The molecule has 0 N–H and O–H groups in total. The van der Waals surface area contributed by atoms with Crippen LogP contribution in [0, 0.1) is 41.5 Å². The van der Waals surface area contributed by atoms with Crippen molar-refractivity contribution < 1.29 is 19.2 Å². The molecule has 0 aliphatic carbocycles. The quantitative estimate of drug-likeness (QED) is 0.121. The fraction of sp³-hybridized carbons (Fsp3) is 0.0638. The van der Waals surface area contributed by atoms with Gasteiger partial charge in [0.1, 0.15) is 0 Å². The minimum absolute atomic E-state index is 0.273. The first-order chi connectivity index (χ1) is 49.7. The van der Waals surface area contributed by atoms with Crippen LogP contribution in [0.25, 0.3) is 133 Å². The van der Waals surface area contributed by atoms with Crippen molar-refractivity contribution in [1.82, 2.24) is 9.13 Å². The highest BCUT2D eigenvalue weighted by Gasteiger charge is 2.44. The summed E-state index contributed by atoms with van der Waals surface area (Å²) in [5.41, 5.74) is 25.5. The van der Waals surface area contributed by atoms with Gasteiger partial charge in [-0.1, -0.05) is 264 Å². The number of imide groups is 2. The summed E-state index contributed by atoms with van der Waals surface area (Å²) in [5.74, 6) is -1.75. The van der Waals surface area contributed by atoms with E-state index in [2.05, 4.69) is 172 Å². The Kier molecular flexibility index (Phi) is 14.3. The summed E-state index contributed by atoms with van der Waals surface area (Å²) in [4.78, 5) is 67.6. The monoisotopic (exact) mass is 1310 g/mol. The molecule has 2 aliphatic rings. The normalized spacial score (nSPS) is 12.8. The second kappa shape index (κ2) is 23.9. The number of aromatic nitrogens is 2. The van der Waals surface area contributed by atoms with E-state index < -0.39 is 23.6 Å². The van der Waals surface area contributed by atoms with Gasteiger partial charge in [-0.05, 0) is 158 Å². The molecule has 102 heavy (non-hydrogen) atoms. The fourth-order valence-corrected chi connectivity index (χ4v) is 16.4. The average Bonchev–Trinajstić information content (AvgIpc) is 1.54. The maximum Gasteiger partial charge on any atom is 0.268 e. The molecule has 4 heterocycles. The van der Waals surface area contributed by atoms with Gasteiger partial charge < -0.3 is 9.13 Å². The Morgan fingerprint density at radius 2 is 0.676 bits per heavy atom. The summed E-state index contributed by atoms with van der Waals surface area (Å²) in [5, 5.41) is 3.74. The van der Waals surface area contributed by atoms with Gasteiger partial charge in [-0.3, -0.25) is 19.2 Å². The van der Waals surface area contributed by atoms with Gasteiger partial charge in [0.25, 0.3) is 23.6 Å². The molecule has 0 saturated heterocycles. The van der Waals surface area contributed by atoms with Crippen molar-refractivity contribution in [1.29, 1.82) is 0 Å². The predicted molar refractivity (Wildman–Crippen MR) is 417 cm³/mol. The van der Waals surface area contributed by atoms with Crippen molar-refractivity contribution in [3.05, 3.63) is 347 Å². The minimum atomic E-state index is -0.447. The van der Waals surface area contributed by atoms with Gasteiger partial charge in [0.05, 0.1) is 67.1 Å². The number of anilines is 2. The number of hydrogen-bond acceptors (Lipinski definition) is 4. The number of nitrogens with zero attached hydrogens (tertiary/aromatic N) is 4. The summed E-state index contributed by atoms with van der Waals surface area (Å²) in [6, 6.07) is 98.5. The molecule has 8 heteroatoms. The fourth-order valence-electron chi connectivity index (χ4n) is 16.4. The number of carbonyl (C=O) groups is 4. The van der Waals surface area contributed by atoms with Crippen LogP contribution in [0.3, 0.4) is 0 Å². The smallest absolute Gasteiger partial charge is 0.268 e. The summed E-state index contributed by atoms with van der Waals surface area (Å²) in [6.45, 7) is 12.7. The molecule has 4 amide bonds. The topological polar surface area (TPSA) is 84.6 Å². The molecule has 16 aromatic rings. The number of aryl methyl sites for hydroxylation is 6. The minimum Gasteiger partial charge on any atom is -0.308 e. The van der Waals surface area contributed by atoms with E-state index in [1.165, 1.54) is 20.9 Å². The van der Waals surface area contributed by atoms with Crippen LogP contribution in [-0.4, -0.2) is 32.8 Å². The average molecular weight is 1320 g/mol. The molecule has 0 fully saturated rings. The summed E-state index contributed by atoms with van der Waals surface area (Å²) < 4.78 is 4.38. The van der Waals surface area contributed by atoms with Crippen LogP contribution in [0.1, 0.15) is 74.8 Å². The van der Waals surface area contributed by atoms with Crippen molar-refractivity contribution in [3.63, 3.8) is 0 Å². The molecule has 0 radical (unpaired) electrons. The summed E-state index contributed by atoms with van der Waals surface area (Å²) in [7, 11) is 0. The molecule has 2 aliphatic heterocycles. The van der Waals surface area contributed by atoms with Crippen molar-refractivity contribution >= 4 is 78.6 Å². The first-order valence-corrected chi connectivity index (χ1v) is 34.6. The molecular weight excluding hydrogens is 1250 g/mol. The van der Waals surface area contributed by atoms with Crippen molar-refractivity contribution in [2.24, 2.45) is 0 Å². The van der Waals surface area contributed by atoms with Gasteiger partial charge in [0, 0.05) is 43.8 Å². The van der Waals surface area contributed by atoms with Crippen LogP contribution < -0.4 is 9.80 Å². The Labute approximate surface area is 590 Å². The Bertz CT molecular complexity index is 6160. The first-order valence-electron chi connectivity index (χ1n) is 34.6. The number of hydrogen-bond donors (Lipinski definition) is 0. The zero-order valence-corrected chi connectivity index (χ0v) is 57.1. The van der Waals surface area contributed by atoms with Gasteiger partial charge in [-0.25, -0.2) is 9.80 Å². The lowest BCUT2D eigenvalue weighted by molar-refractivity contribution is 0.0910. The molecule has 2 aromatic heterocycles. The highest BCUT2D eigenvalue weighted by molar-refractivity contribution is 6.39. The predicted octanol–water partition coefficient (Wildman–Crippen LogP) is 23.0. The highest BCUT2D eigenvalue weighted by Crippen LogP contribution is 2.51. The zero-order valence-electron chi connectivity index (χ0n) is 57.1. The van der Waals surface area contributed by atoms with Gasteiger partial charge >= 0.3 is 0 Å².